The lowest BCUT2D eigenvalue weighted by atomic mass is 10.1. The van der Waals surface area contributed by atoms with Gasteiger partial charge in [-0.05, 0) is 41.8 Å². The first-order chi connectivity index (χ1) is 12.6. The molecular formula is C20H26FN3O2. The van der Waals surface area contributed by atoms with Gasteiger partial charge in [-0.1, -0.05) is 18.2 Å². The average Bonchev–Trinajstić information content (AvgIpc) is 2.67. The van der Waals surface area contributed by atoms with Crippen LogP contribution in [0.5, 0.6) is 11.5 Å². The molecule has 5 nitrogen and oxygen atoms in total. The van der Waals surface area contributed by atoms with Gasteiger partial charge >= 0.3 is 0 Å². The summed E-state index contributed by atoms with van der Waals surface area (Å²) in [4.78, 5) is 6.36. The highest BCUT2D eigenvalue weighted by atomic mass is 19.1. The number of aliphatic imine (C=N–C) groups is 1. The summed E-state index contributed by atoms with van der Waals surface area (Å²) >= 11 is 0. The van der Waals surface area contributed by atoms with Crippen LogP contribution in [0.3, 0.4) is 0 Å². The number of hydrogen-bond donors (Lipinski definition) is 1. The van der Waals surface area contributed by atoms with Crippen LogP contribution in [0.15, 0.2) is 47.5 Å². The molecule has 0 amide bonds. The van der Waals surface area contributed by atoms with Crippen molar-refractivity contribution >= 4 is 5.96 Å². The Morgan fingerprint density at radius 3 is 2.31 bits per heavy atom. The molecule has 26 heavy (non-hydrogen) atoms. The zero-order valence-corrected chi connectivity index (χ0v) is 15.8. The van der Waals surface area contributed by atoms with Crippen LogP contribution in [0.1, 0.15) is 11.1 Å². The van der Waals surface area contributed by atoms with Gasteiger partial charge in [0.15, 0.2) is 17.5 Å². The van der Waals surface area contributed by atoms with Gasteiger partial charge in [0.25, 0.3) is 0 Å². The Kier molecular flexibility index (Phi) is 7.26. The summed E-state index contributed by atoms with van der Waals surface area (Å²) in [5.74, 6) is 2.01. The largest absolute Gasteiger partial charge is 0.493 e. The second kappa shape index (κ2) is 9.65. The van der Waals surface area contributed by atoms with E-state index in [1.165, 1.54) is 12.1 Å². The number of rotatable bonds is 7. The van der Waals surface area contributed by atoms with E-state index in [1.807, 2.05) is 25.2 Å². The van der Waals surface area contributed by atoms with Crippen molar-refractivity contribution in [3.63, 3.8) is 0 Å². The normalized spacial score (nSPS) is 11.2. The fraction of sp³-hybridized carbons (Fsp3) is 0.350. The number of nitrogens with zero attached hydrogens (tertiary/aromatic N) is 2. The zero-order chi connectivity index (χ0) is 18.9. The Morgan fingerprint density at radius 2 is 1.69 bits per heavy atom. The number of methoxy groups -OCH3 is 2. The number of ether oxygens (including phenoxy) is 2. The second-order valence-corrected chi connectivity index (χ2v) is 5.89. The summed E-state index contributed by atoms with van der Waals surface area (Å²) < 4.78 is 23.6. The molecule has 0 bridgehead atoms. The Labute approximate surface area is 154 Å². The number of nitrogens with one attached hydrogen (secondary N) is 1. The van der Waals surface area contributed by atoms with E-state index in [0.29, 0.717) is 6.54 Å². The third-order valence-corrected chi connectivity index (χ3v) is 4.12. The number of benzene rings is 2. The number of guanidine groups is 1. The van der Waals surface area contributed by atoms with E-state index in [-0.39, 0.29) is 5.82 Å². The Hall–Kier alpha value is -2.76. The van der Waals surface area contributed by atoms with Gasteiger partial charge in [-0.3, -0.25) is 4.99 Å². The van der Waals surface area contributed by atoms with Gasteiger partial charge in [-0.15, -0.1) is 0 Å². The lowest BCUT2D eigenvalue weighted by molar-refractivity contribution is 0.354. The molecule has 0 aliphatic carbocycles. The summed E-state index contributed by atoms with van der Waals surface area (Å²) in [5.41, 5.74) is 2.16. The first-order valence-corrected chi connectivity index (χ1v) is 8.44. The van der Waals surface area contributed by atoms with Crippen LogP contribution in [0.4, 0.5) is 4.39 Å². The molecule has 2 aromatic carbocycles. The molecule has 140 valence electrons. The quantitative estimate of drug-likeness (QED) is 0.610. The standard InChI is InChI=1S/C20H26FN3O2/c1-22-20(23-14-16-5-8-17(21)9-6-16)24(2)12-11-15-7-10-18(25-3)19(13-15)26-4/h5-10,13H,11-12,14H2,1-4H3,(H,22,23). The van der Waals surface area contributed by atoms with Gasteiger partial charge in [0.2, 0.25) is 0 Å². The lowest BCUT2D eigenvalue weighted by Gasteiger charge is -2.22. The number of halogens is 1. The van der Waals surface area contributed by atoms with Crippen LogP contribution < -0.4 is 14.8 Å². The van der Waals surface area contributed by atoms with E-state index in [9.17, 15) is 4.39 Å². The Balaban J connectivity index is 1.90. The maximum atomic E-state index is 13.0. The molecule has 0 heterocycles. The zero-order valence-electron chi connectivity index (χ0n) is 15.8. The van der Waals surface area contributed by atoms with Crippen LogP contribution in [0.2, 0.25) is 0 Å². The number of likely N-dealkylation sites (N-methyl/N-ethyl adjacent to an activating group) is 1. The molecule has 0 saturated heterocycles. The van der Waals surface area contributed by atoms with Gasteiger partial charge in [-0.2, -0.15) is 0 Å². The summed E-state index contributed by atoms with van der Waals surface area (Å²) in [6, 6.07) is 12.4. The predicted molar refractivity (Wildman–Crippen MR) is 102 cm³/mol. The highest BCUT2D eigenvalue weighted by Crippen LogP contribution is 2.27. The predicted octanol–water partition coefficient (Wildman–Crippen LogP) is 3.09. The van der Waals surface area contributed by atoms with E-state index in [2.05, 4.69) is 15.2 Å². The smallest absolute Gasteiger partial charge is 0.193 e. The molecular weight excluding hydrogens is 333 g/mol. The minimum absolute atomic E-state index is 0.231. The number of hydrogen-bond acceptors (Lipinski definition) is 3. The third-order valence-electron chi connectivity index (χ3n) is 4.12. The van der Waals surface area contributed by atoms with Gasteiger partial charge in [-0.25, -0.2) is 4.39 Å². The van der Waals surface area contributed by atoms with Crippen molar-refractivity contribution in [2.24, 2.45) is 4.99 Å². The van der Waals surface area contributed by atoms with Crippen molar-refractivity contribution in [1.29, 1.82) is 0 Å². The topological polar surface area (TPSA) is 46.1 Å². The minimum Gasteiger partial charge on any atom is -0.493 e. The van der Waals surface area contributed by atoms with Crippen LogP contribution in [-0.4, -0.2) is 45.7 Å². The monoisotopic (exact) mass is 359 g/mol. The molecule has 1 N–H and O–H groups in total. The SMILES string of the molecule is CN=C(NCc1ccc(F)cc1)N(C)CCc1ccc(OC)c(OC)c1. The van der Waals surface area contributed by atoms with Crippen molar-refractivity contribution in [2.45, 2.75) is 13.0 Å². The van der Waals surface area contributed by atoms with E-state index < -0.39 is 0 Å². The van der Waals surface area contributed by atoms with Crippen LogP contribution in [0, 0.1) is 5.82 Å². The van der Waals surface area contributed by atoms with E-state index in [0.717, 1.165) is 41.6 Å². The van der Waals surface area contributed by atoms with Crippen molar-refractivity contribution < 1.29 is 13.9 Å². The van der Waals surface area contributed by atoms with Gasteiger partial charge in [0, 0.05) is 27.2 Å². The molecule has 0 fully saturated rings. The van der Waals surface area contributed by atoms with Gasteiger partial charge < -0.3 is 19.7 Å². The first-order valence-electron chi connectivity index (χ1n) is 8.44. The molecule has 0 aliphatic heterocycles. The molecule has 0 saturated carbocycles. The molecule has 0 aromatic heterocycles. The summed E-state index contributed by atoms with van der Waals surface area (Å²) in [5, 5.41) is 3.29. The Morgan fingerprint density at radius 1 is 1.04 bits per heavy atom. The molecule has 6 heteroatoms. The van der Waals surface area contributed by atoms with E-state index >= 15 is 0 Å². The third kappa shape index (κ3) is 5.37. The maximum Gasteiger partial charge on any atom is 0.193 e. The molecule has 2 rings (SSSR count). The highest BCUT2D eigenvalue weighted by Gasteiger charge is 2.08. The summed E-state index contributed by atoms with van der Waals surface area (Å²) in [7, 11) is 7.00. The minimum atomic E-state index is -0.231. The van der Waals surface area contributed by atoms with Crippen LogP contribution in [0.25, 0.3) is 0 Å². The average molecular weight is 359 g/mol. The van der Waals surface area contributed by atoms with Crippen molar-refractivity contribution in [1.82, 2.24) is 10.2 Å². The molecule has 2 aromatic rings. The fourth-order valence-corrected chi connectivity index (χ4v) is 2.61. The lowest BCUT2D eigenvalue weighted by Crippen LogP contribution is -2.39. The van der Waals surface area contributed by atoms with Crippen molar-refractivity contribution in [3.8, 4) is 11.5 Å². The first kappa shape index (κ1) is 19.6. The van der Waals surface area contributed by atoms with Gasteiger partial charge in [0.1, 0.15) is 5.82 Å². The Bertz CT molecular complexity index is 732. The van der Waals surface area contributed by atoms with Gasteiger partial charge in [0.05, 0.1) is 14.2 Å². The maximum absolute atomic E-state index is 13.0. The van der Waals surface area contributed by atoms with Crippen molar-refractivity contribution in [2.75, 3.05) is 34.9 Å². The molecule has 0 radical (unpaired) electrons. The highest BCUT2D eigenvalue weighted by molar-refractivity contribution is 5.79. The fourth-order valence-electron chi connectivity index (χ4n) is 2.61. The van der Waals surface area contributed by atoms with Crippen LogP contribution in [-0.2, 0) is 13.0 Å². The molecule has 0 aliphatic rings. The molecule has 0 atom stereocenters. The summed E-state index contributed by atoms with van der Waals surface area (Å²) in [6.45, 7) is 1.38. The van der Waals surface area contributed by atoms with Crippen molar-refractivity contribution in [3.05, 3.63) is 59.4 Å². The van der Waals surface area contributed by atoms with Crippen LogP contribution >= 0.6 is 0 Å². The van der Waals surface area contributed by atoms with E-state index in [1.54, 1.807) is 33.4 Å². The summed E-state index contributed by atoms with van der Waals surface area (Å²) in [6.07, 6.45) is 0.841. The molecule has 0 unspecified atom stereocenters. The van der Waals surface area contributed by atoms with E-state index in [4.69, 9.17) is 9.47 Å². The molecule has 0 spiro atoms. The second-order valence-electron chi connectivity index (χ2n) is 5.89.